The fraction of sp³-hybridized carbons (Fsp3) is 0.235. The van der Waals surface area contributed by atoms with Crippen molar-refractivity contribution in [2.45, 2.75) is 23.8 Å². The molecule has 25 heavy (non-hydrogen) atoms. The van der Waals surface area contributed by atoms with Crippen LogP contribution in [0, 0.1) is 5.82 Å². The number of benzene rings is 2. The number of halogens is 2. The zero-order valence-corrected chi connectivity index (χ0v) is 15.4. The van der Waals surface area contributed by atoms with E-state index in [0.717, 1.165) is 27.7 Å². The maximum Gasteiger partial charge on any atom is 0.246 e. The number of sulfonamides is 1. The lowest BCUT2D eigenvalue weighted by Crippen LogP contribution is -2.31. The van der Waals surface area contributed by atoms with Gasteiger partial charge in [-0.3, -0.25) is 0 Å². The van der Waals surface area contributed by atoms with Crippen LogP contribution in [0.1, 0.15) is 23.9 Å². The van der Waals surface area contributed by atoms with Crippen molar-refractivity contribution in [1.82, 2.24) is 9.29 Å². The SMILES string of the molecule is O=S(=O)(c1ccc(Cl)cc1F)N1CCC[C@@H]1c1nc2ccccc2s1. The average Bonchev–Trinajstić information content (AvgIpc) is 3.21. The monoisotopic (exact) mass is 396 g/mol. The number of para-hydroxylation sites is 1. The predicted octanol–water partition coefficient (Wildman–Crippen LogP) is 4.61. The topological polar surface area (TPSA) is 50.3 Å². The van der Waals surface area contributed by atoms with Gasteiger partial charge in [0.15, 0.2) is 0 Å². The summed E-state index contributed by atoms with van der Waals surface area (Å²) in [5.41, 5.74) is 0.851. The molecule has 1 aromatic heterocycles. The summed E-state index contributed by atoms with van der Waals surface area (Å²) in [6, 6.07) is 11.0. The summed E-state index contributed by atoms with van der Waals surface area (Å²) < 4.78 is 42.5. The van der Waals surface area contributed by atoms with Crippen LogP contribution in [-0.4, -0.2) is 24.3 Å². The van der Waals surface area contributed by atoms with Gasteiger partial charge in [-0.1, -0.05) is 23.7 Å². The summed E-state index contributed by atoms with van der Waals surface area (Å²) in [5, 5.41) is 0.914. The second-order valence-corrected chi connectivity index (χ2v) is 9.23. The largest absolute Gasteiger partial charge is 0.246 e. The van der Waals surface area contributed by atoms with Gasteiger partial charge in [0.25, 0.3) is 0 Å². The first kappa shape index (κ1) is 16.9. The third kappa shape index (κ3) is 2.95. The van der Waals surface area contributed by atoms with E-state index < -0.39 is 15.8 Å². The molecule has 1 aliphatic rings. The highest BCUT2D eigenvalue weighted by Crippen LogP contribution is 2.40. The van der Waals surface area contributed by atoms with Crippen LogP contribution >= 0.6 is 22.9 Å². The molecule has 0 unspecified atom stereocenters. The van der Waals surface area contributed by atoms with Gasteiger partial charge in [0, 0.05) is 11.6 Å². The number of aromatic nitrogens is 1. The van der Waals surface area contributed by atoms with Crippen LogP contribution in [0.25, 0.3) is 10.2 Å². The third-order valence-electron chi connectivity index (χ3n) is 4.28. The van der Waals surface area contributed by atoms with E-state index in [0.29, 0.717) is 13.0 Å². The van der Waals surface area contributed by atoms with Gasteiger partial charge in [-0.05, 0) is 43.2 Å². The van der Waals surface area contributed by atoms with E-state index in [4.69, 9.17) is 11.6 Å². The molecule has 1 atom stereocenters. The second-order valence-electron chi connectivity index (χ2n) is 5.87. The Morgan fingerprint density at radius 2 is 2.04 bits per heavy atom. The van der Waals surface area contributed by atoms with E-state index >= 15 is 0 Å². The summed E-state index contributed by atoms with van der Waals surface area (Å²) in [6.07, 6.45) is 1.39. The Balaban J connectivity index is 1.75. The molecule has 3 aromatic rings. The first-order chi connectivity index (χ1) is 12.0. The molecule has 0 spiro atoms. The number of nitrogens with zero attached hydrogens (tertiary/aromatic N) is 2. The van der Waals surface area contributed by atoms with Crippen LogP contribution in [-0.2, 0) is 10.0 Å². The van der Waals surface area contributed by atoms with Crippen molar-refractivity contribution in [2.75, 3.05) is 6.54 Å². The van der Waals surface area contributed by atoms with Crippen molar-refractivity contribution >= 4 is 43.2 Å². The number of rotatable bonds is 3. The maximum atomic E-state index is 14.2. The molecule has 4 rings (SSSR count). The summed E-state index contributed by atoms with van der Waals surface area (Å²) >= 11 is 7.22. The Morgan fingerprint density at radius 3 is 2.80 bits per heavy atom. The summed E-state index contributed by atoms with van der Waals surface area (Å²) in [6.45, 7) is 0.352. The van der Waals surface area contributed by atoms with Gasteiger partial charge in [0.2, 0.25) is 10.0 Å². The average molecular weight is 397 g/mol. The number of thiazole rings is 1. The van der Waals surface area contributed by atoms with Gasteiger partial charge in [-0.15, -0.1) is 11.3 Å². The minimum atomic E-state index is -3.95. The van der Waals surface area contributed by atoms with Gasteiger partial charge >= 0.3 is 0 Å². The van der Waals surface area contributed by atoms with Crippen LogP contribution in [0.5, 0.6) is 0 Å². The molecule has 1 saturated heterocycles. The highest BCUT2D eigenvalue weighted by atomic mass is 35.5. The molecule has 0 bridgehead atoms. The highest BCUT2D eigenvalue weighted by molar-refractivity contribution is 7.89. The normalized spacial score (nSPS) is 18.9. The molecule has 0 N–H and O–H groups in total. The first-order valence-electron chi connectivity index (χ1n) is 7.79. The number of fused-ring (bicyclic) bond motifs is 1. The van der Waals surface area contributed by atoms with E-state index in [9.17, 15) is 12.8 Å². The van der Waals surface area contributed by atoms with Crippen molar-refractivity contribution in [2.24, 2.45) is 0 Å². The predicted molar refractivity (Wildman–Crippen MR) is 96.9 cm³/mol. The Bertz CT molecular complexity index is 1020. The molecule has 0 aliphatic carbocycles. The quantitative estimate of drug-likeness (QED) is 0.649. The van der Waals surface area contributed by atoms with E-state index in [1.165, 1.54) is 27.8 Å². The molecule has 0 saturated carbocycles. The summed E-state index contributed by atoms with van der Waals surface area (Å²) in [5.74, 6) is -0.831. The minimum Gasteiger partial charge on any atom is -0.239 e. The molecule has 0 amide bonds. The van der Waals surface area contributed by atoms with E-state index in [1.54, 1.807) is 0 Å². The van der Waals surface area contributed by atoms with Crippen molar-refractivity contribution in [1.29, 1.82) is 0 Å². The summed E-state index contributed by atoms with van der Waals surface area (Å²) in [4.78, 5) is 4.24. The van der Waals surface area contributed by atoms with Gasteiger partial charge in [-0.25, -0.2) is 17.8 Å². The Labute approximate surface area is 153 Å². The lowest BCUT2D eigenvalue weighted by molar-refractivity contribution is 0.393. The molecule has 1 aliphatic heterocycles. The van der Waals surface area contributed by atoms with E-state index in [1.807, 2.05) is 24.3 Å². The van der Waals surface area contributed by atoms with Crippen LogP contribution < -0.4 is 0 Å². The van der Waals surface area contributed by atoms with Gasteiger partial charge < -0.3 is 0 Å². The number of hydrogen-bond acceptors (Lipinski definition) is 4. The molecule has 2 heterocycles. The maximum absolute atomic E-state index is 14.2. The van der Waals surface area contributed by atoms with Gasteiger partial charge in [0.1, 0.15) is 15.7 Å². The van der Waals surface area contributed by atoms with Crippen molar-refractivity contribution < 1.29 is 12.8 Å². The van der Waals surface area contributed by atoms with Gasteiger partial charge in [0.05, 0.1) is 16.3 Å². The molecule has 0 radical (unpaired) electrons. The van der Waals surface area contributed by atoms with E-state index in [2.05, 4.69) is 4.98 Å². The zero-order chi connectivity index (χ0) is 17.6. The molecule has 2 aromatic carbocycles. The van der Waals surface area contributed by atoms with Crippen molar-refractivity contribution in [3.63, 3.8) is 0 Å². The van der Waals surface area contributed by atoms with Crippen LogP contribution in [0.3, 0.4) is 0 Å². The van der Waals surface area contributed by atoms with Crippen LogP contribution in [0.2, 0.25) is 5.02 Å². The Morgan fingerprint density at radius 1 is 1.24 bits per heavy atom. The zero-order valence-electron chi connectivity index (χ0n) is 13.0. The third-order valence-corrected chi connectivity index (χ3v) is 7.59. The lowest BCUT2D eigenvalue weighted by Gasteiger charge is -2.22. The van der Waals surface area contributed by atoms with Crippen LogP contribution in [0.4, 0.5) is 4.39 Å². The molecule has 8 heteroatoms. The van der Waals surface area contributed by atoms with Gasteiger partial charge in [-0.2, -0.15) is 4.31 Å². The smallest absolute Gasteiger partial charge is 0.239 e. The standard InChI is InChI=1S/C17H14ClFN2O2S2/c18-11-7-8-16(12(19)10-11)25(22,23)21-9-3-5-14(21)17-20-13-4-1-2-6-15(13)24-17/h1-2,4,6-8,10,14H,3,5,9H2/t14-/m1/s1. The second kappa shape index (κ2) is 6.32. The molecule has 4 nitrogen and oxygen atoms in total. The molecule has 1 fully saturated rings. The highest BCUT2D eigenvalue weighted by Gasteiger charge is 2.39. The van der Waals surface area contributed by atoms with Crippen molar-refractivity contribution in [3.8, 4) is 0 Å². The fourth-order valence-corrected chi connectivity index (χ4v) is 6.17. The molecule has 130 valence electrons. The van der Waals surface area contributed by atoms with E-state index in [-0.39, 0.29) is 16.0 Å². The summed E-state index contributed by atoms with van der Waals surface area (Å²) in [7, 11) is -3.95. The first-order valence-corrected chi connectivity index (χ1v) is 10.4. The molecular formula is C17H14ClFN2O2S2. The fourth-order valence-electron chi connectivity index (χ4n) is 3.12. The van der Waals surface area contributed by atoms with Crippen LogP contribution in [0.15, 0.2) is 47.4 Å². The Kier molecular flexibility index (Phi) is 4.27. The molecular weight excluding hydrogens is 383 g/mol. The van der Waals surface area contributed by atoms with Crippen molar-refractivity contribution in [3.05, 3.63) is 58.3 Å². The number of hydrogen-bond donors (Lipinski definition) is 0. The lowest BCUT2D eigenvalue weighted by atomic mass is 10.2. The minimum absolute atomic E-state index is 0.167. The Hall–Kier alpha value is -1.54.